The van der Waals surface area contributed by atoms with E-state index >= 15 is 0 Å². The highest BCUT2D eigenvalue weighted by Gasteiger charge is 2.15. The molecule has 2 aromatic rings. The van der Waals surface area contributed by atoms with Crippen molar-refractivity contribution in [1.29, 1.82) is 0 Å². The molecule has 1 aromatic carbocycles. The second-order valence-electron chi connectivity index (χ2n) is 3.81. The maximum Gasteiger partial charge on any atom is 0.258 e. The van der Waals surface area contributed by atoms with Crippen LogP contribution in [0, 0.1) is 23.3 Å². The Hall–Kier alpha value is -2.31. The highest BCUT2D eigenvalue weighted by Crippen LogP contribution is 2.28. The van der Waals surface area contributed by atoms with Crippen LogP contribution in [-0.2, 0) is 0 Å². The number of nitrogens with zero attached hydrogens (tertiary/aromatic N) is 1. The van der Waals surface area contributed by atoms with Gasteiger partial charge in [-0.25, -0.2) is 17.6 Å². The van der Waals surface area contributed by atoms with E-state index in [1.165, 1.54) is 0 Å². The van der Waals surface area contributed by atoms with Crippen LogP contribution < -0.4 is 10.1 Å². The maximum atomic E-state index is 13.5. The van der Waals surface area contributed by atoms with Crippen LogP contribution in [0.5, 0.6) is 11.6 Å². The van der Waals surface area contributed by atoms with E-state index in [1.807, 2.05) is 0 Å². The van der Waals surface area contributed by atoms with E-state index < -0.39 is 34.9 Å². The van der Waals surface area contributed by atoms with Crippen LogP contribution in [0.3, 0.4) is 0 Å². The maximum absolute atomic E-state index is 13.5. The number of rotatable bonds is 4. The average Bonchev–Trinajstić information content (AvgIpc) is 2.39. The third-order valence-corrected chi connectivity index (χ3v) is 2.34. The summed E-state index contributed by atoms with van der Waals surface area (Å²) < 4.78 is 58.1. The van der Waals surface area contributed by atoms with E-state index in [1.54, 1.807) is 6.92 Å². The van der Waals surface area contributed by atoms with Crippen LogP contribution >= 0.6 is 0 Å². The topological polar surface area (TPSA) is 34.2 Å². The number of nitrogens with one attached hydrogen (secondary N) is 1. The molecule has 0 amide bonds. The van der Waals surface area contributed by atoms with Gasteiger partial charge in [0.15, 0.2) is 29.0 Å². The summed E-state index contributed by atoms with van der Waals surface area (Å²) in [5.74, 6) is -5.08. The first-order valence-corrected chi connectivity index (χ1v) is 5.74. The molecule has 0 atom stereocenters. The van der Waals surface area contributed by atoms with Gasteiger partial charge in [-0.15, -0.1) is 0 Å². The fourth-order valence-corrected chi connectivity index (χ4v) is 1.47. The summed E-state index contributed by atoms with van der Waals surface area (Å²) in [5, 5.41) is 2.55. The van der Waals surface area contributed by atoms with Gasteiger partial charge < -0.3 is 10.1 Å². The Kier molecular flexibility index (Phi) is 4.07. The summed E-state index contributed by atoms with van der Waals surface area (Å²) in [5.41, 5.74) is 0. The average molecular weight is 286 g/mol. The van der Waals surface area contributed by atoms with Crippen LogP contribution in [0.4, 0.5) is 23.4 Å². The van der Waals surface area contributed by atoms with E-state index in [0.29, 0.717) is 12.6 Å². The Labute approximate surface area is 112 Å². The monoisotopic (exact) mass is 286 g/mol. The highest BCUT2D eigenvalue weighted by atomic mass is 19.1. The number of hydrogen-bond donors (Lipinski definition) is 1. The minimum Gasteiger partial charge on any atom is -0.433 e. The molecule has 106 valence electrons. The quantitative estimate of drug-likeness (QED) is 0.866. The van der Waals surface area contributed by atoms with Gasteiger partial charge in [0.05, 0.1) is 0 Å². The summed E-state index contributed by atoms with van der Waals surface area (Å²) in [7, 11) is 0. The molecule has 0 aliphatic heterocycles. The molecule has 1 N–H and O–H groups in total. The largest absolute Gasteiger partial charge is 0.433 e. The van der Waals surface area contributed by atoms with Gasteiger partial charge in [-0.1, -0.05) is 0 Å². The van der Waals surface area contributed by atoms with Crippen molar-refractivity contribution in [2.75, 3.05) is 11.9 Å². The van der Waals surface area contributed by atoms with Gasteiger partial charge in [0.1, 0.15) is 5.82 Å². The van der Waals surface area contributed by atoms with Crippen molar-refractivity contribution < 1.29 is 22.3 Å². The lowest BCUT2D eigenvalue weighted by Crippen LogP contribution is -2.05. The Balaban J connectivity index is 2.37. The molecule has 2 rings (SSSR count). The van der Waals surface area contributed by atoms with Crippen molar-refractivity contribution in [3.63, 3.8) is 0 Å². The van der Waals surface area contributed by atoms with Gasteiger partial charge in [-0.3, -0.25) is 0 Å². The van der Waals surface area contributed by atoms with Gasteiger partial charge in [-0.05, 0) is 19.1 Å². The predicted molar refractivity (Wildman–Crippen MR) is 64.7 cm³/mol. The molecule has 0 fully saturated rings. The Morgan fingerprint density at radius 2 is 1.80 bits per heavy atom. The van der Waals surface area contributed by atoms with Gasteiger partial charge in [0.2, 0.25) is 0 Å². The molecule has 7 heteroatoms. The fourth-order valence-electron chi connectivity index (χ4n) is 1.47. The molecule has 0 spiro atoms. The molecule has 0 saturated carbocycles. The van der Waals surface area contributed by atoms with Crippen LogP contribution in [0.15, 0.2) is 24.3 Å². The number of halogens is 4. The molecule has 3 nitrogen and oxygen atoms in total. The predicted octanol–water partition coefficient (Wildman–Crippen LogP) is 3.86. The smallest absolute Gasteiger partial charge is 0.258 e. The lowest BCUT2D eigenvalue weighted by atomic mass is 10.3. The molecule has 20 heavy (non-hydrogen) atoms. The van der Waals surface area contributed by atoms with Crippen molar-refractivity contribution >= 4 is 5.82 Å². The van der Waals surface area contributed by atoms with E-state index in [-0.39, 0.29) is 5.82 Å². The Morgan fingerprint density at radius 3 is 2.50 bits per heavy atom. The number of hydrogen-bond acceptors (Lipinski definition) is 3. The summed E-state index contributed by atoms with van der Waals surface area (Å²) in [4.78, 5) is 3.56. The number of ether oxygens (including phenoxy) is 1. The number of anilines is 1. The van der Waals surface area contributed by atoms with Gasteiger partial charge in [-0.2, -0.15) is 4.98 Å². The molecule has 0 bridgehead atoms. The molecule has 1 aromatic heterocycles. The summed E-state index contributed by atoms with van der Waals surface area (Å²) >= 11 is 0. The molecular weight excluding hydrogens is 276 g/mol. The molecule has 0 saturated heterocycles. The third kappa shape index (κ3) is 2.98. The second-order valence-corrected chi connectivity index (χ2v) is 3.81. The zero-order valence-electron chi connectivity index (χ0n) is 10.4. The van der Waals surface area contributed by atoms with Crippen LogP contribution in [0.1, 0.15) is 6.92 Å². The van der Waals surface area contributed by atoms with Crippen molar-refractivity contribution in [3.8, 4) is 11.6 Å². The first-order valence-electron chi connectivity index (χ1n) is 5.74. The lowest BCUT2D eigenvalue weighted by Gasteiger charge is -2.10. The number of aromatic nitrogens is 1. The second kappa shape index (κ2) is 5.77. The minimum absolute atomic E-state index is 0.235. The highest BCUT2D eigenvalue weighted by molar-refractivity contribution is 5.41. The zero-order chi connectivity index (χ0) is 14.7. The molecular formula is C13H10F4N2O. The Bertz CT molecular complexity index is 634. The summed E-state index contributed by atoms with van der Waals surface area (Å²) in [6.07, 6.45) is 0. The van der Waals surface area contributed by atoms with Crippen molar-refractivity contribution in [1.82, 2.24) is 4.98 Å². The Morgan fingerprint density at radius 1 is 1.05 bits per heavy atom. The van der Waals surface area contributed by atoms with E-state index in [4.69, 9.17) is 4.74 Å². The SMILES string of the molecule is CCNc1nc(Oc2cc(F)ccc2F)c(F)cc1F. The number of pyridine rings is 1. The van der Waals surface area contributed by atoms with Crippen molar-refractivity contribution in [2.24, 2.45) is 0 Å². The van der Waals surface area contributed by atoms with Gasteiger partial charge >= 0.3 is 0 Å². The van der Waals surface area contributed by atoms with Crippen LogP contribution in [0.25, 0.3) is 0 Å². The van der Waals surface area contributed by atoms with Gasteiger partial charge in [0.25, 0.3) is 5.88 Å². The van der Waals surface area contributed by atoms with E-state index in [9.17, 15) is 17.6 Å². The number of benzene rings is 1. The molecule has 0 unspecified atom stereocenters. The zero-order valence-corrected chi connectivity index (χ0v) is 10.4. The first-order chi connectivity index (χ1) is 9.51. The molecule has 0 radical (unpaired) electrons. The summed E-state index contributed by atoms with van der Waals surface area (Å²) in [6.45, 7) is 2.04. The lowest BCUT2D eigenvalue weighted by molar-refractivity contribution is 0.392. The molecule has 0 aliphatic carbocycles. The molecule has 0 aliphatic rings. The fraction of sp³-hybridized carbons (Fsp3) is 0.154. The van der Waals surface area contributed by atoms with Crippen LogP contribution in [-0.4, -0.2) is 11.5 Å². The summed E-state index contributed by atoms with van der Waals surface area (Å²) in [6, 6.07) is 3.02. The van der Waals surface area contributed by atoms with E-state index in [2.05, 4.69) is 10.3 Å². The standard InChI is InChI=1S/C13H10F4N2O/c1-2-18-12-9(16)6-10(17)13(19-12)20-11-5-7(14)3-4-8(11)15/h3-6H,2H2,1H3,(H,18,19). The van der Waals surface area contributed by atoms with Crippen molar-refractivity contribution in [3.05, 3.63) is 47.5 Å². The third-order valence-electron chi connectivity index (χ3n) is 2.34. The van der Waals surface area contributed by atoms with Gasteiger partial charge in [0, 0.05) is 18.7 Å². The van der Waals surface area contributed by atoms with Crippen molar-refractivity contribution in [2.45, 2.75) is 6.92 Å². The molecule has 1 heterocycles. The van der Waals surface area contributed by atoms with Crippen LogP contribution in [0.2, 0.25) is 0 Å². The van der Waals surface area contributed by atoms with E-state index in [0.717, 1.165) is 18.2 Å². The normalized spacial score (nSPS) is 10.4. The minimum atomic E-state index is -1.12. The first kappa shape index (κ1) is 14.1.